The molecule has 0 spiro atoms. The lowest BCUT2D eigenvalue weighted by atomic mass is 10.0. The van der Waals surface area contributed by atoms with Crippen molar-refractivity contribution in [3.05, 3.63) is 35.9 Å². The third-order valence-electron chi connectivity index (χ3n) is 5.48. The standard InChI is InChI=1S/C20H35NO2Si/c1-20(2,3)24(4,5)23-14-10-9-13-18-15-21-19(16-22-18)17-11-7-6-8-12-17/h6-8,11-12,18-19,21H,9-10,13-16H2,1-5H3/t18-,19-/m0/s1. The second-order valence-corrected chi connectivity index (χ2v) is 13.2. The lowest BCUT2D eigenvalue weighted by molar-refractivity contribution is -0.00232. The van der Waals surface area contributed by atoms with Crippen LogP contribution in [0, 0.1) is 0 Å². The third-order valence-corrected chi connectivity index (χ3v) is 10.0. The number of benzene rings is 1. The molecule has 1 aromatic rings. The molecule has 0 amide bonds. The predicted molar refractivity (Wildman–Crippen MR) is 104 cm³/mol. The number of morpholine rings is 1. The summed E-state index contributed by atoms with van der Waals surface area (Å²) >= 11 is 0. The Morgan fingerprint density at radius 1 is 1.17 bits per heavy atom. The number of ether oxygens (including phenoxy) is 1. The molecule has 0 aliphatic carbocycles. The SMILES string of the molecule is CC(C)(C)[Si](C)(C)OCCCC[C@H]1CN[C@H](c2ccccc2)CO1. The maximum absolute atomic E-state index is 6.24. The number of hydrogen-bond donors (Lipinski definition) is 1. The summed E-state index contributed by atoms with van der Waals surface area (Å²) in [6, 6.07) is 10.9. The second-order valence-electron chi connectivity index (χ2n) is 8.43. The van der Waals surface area contributed by atoms with Gasteiger partial charge in [0.25, 0.3) is 0 Å². The average molecular weight is 350 g/mol. The molecule has 1 aliphatic heterocycles. The van der Waals surface area contributed by atoms with E-state index in [1.165, 1.54) is 12.0 Å². The number of unbranched alkanes of at least 4 members (excludes halogenated alkanes) is 1. The van der Waals surface area contributed by atoms with Gasteiger partial charge in [-0.15, -0.1) is 0 Å². The van der Waals surface area contributed by atoms with Gasteiger partial charge in [-0.1, -0.05) is 51.1 Å². The summed E-state index contributed by atoms with van der Waals surface area (Å²) in [6.07, 6.45) is 3.78. The van der Waals surface area contributed by atoms with E-state index in [-0.39, 0.29) is 0 Å². The van der Waals surface area contributed by atoms with Gasteiger partial charge in [0.2, 0.25) is 0 Å². The molecule has 3 nitrogen and oxygen atoms in total. The number of hydrogen-bond acceptors (Lipinski definition) is 3. The van der Waals surface area contributed by atoms with Gasteiger partial charge in [-0.25, -0.2) is 0 Å². The van der Waals surface area contributed by atoms with Crippen molar-refractivity contribution in [1.29, 1.82) is 0 Å². The molecular formula is C20H35NO2Si. The van der Waals surface area contributed by atoms with E-state index in [1.807, 2.05) is 0 Å². The summed E-state index contributed by atoms with van der Waals surface area (Å²) < 4.78 is 12.3. The van der Waals surface area contributed by atoms with Crippen LogP contribution in [0.1, 0.15) is 51.6 Å². The number of nitrogens with one attached hydrogen (secondary N) is 1. The minimum Gasteiger partial charge on any atom is -0.417 e. The fraction of sp³-hybridized carbons (Fsp3) is 0.700. The summed E-state index contributed by atoms with van der Waals surface area (Å²) in [5.41, 5.74) is 1.32. The van der Waals surface area contributed by atoms with Crippen LogP contribution in [0.5, 0.6) is 0 Å². The maximum Gasteiger partial charge on any atom is 0.191 e. The molecule has 24 heavy (non-hydrogen) atoms. The molecule has 4 heteroatoms. The van der Waals surface area contributed by atoms with Crippen molar-refractivity contribution in [2.24, 2.45) is 0 Å². The van der Waals surface area contributed by atoms with Crippen molar-refractivity contribution >= 4 is 8.32 Å². The van der Waals surface area contributed by atoms with Crippen LogP contribution < -0.4 is 5.32 Å². The van der Waals surface area contributed by atoms with Gasteiger partial charge in [0.05, 0.1) is 18.8 Å². The Morgan fingerprint density at radius 3 is 2.46 bits per heavy atom. The lowest BCUT2D eigenvalue weighted by Gasteiger charge is -2.36. The van der Waals surface area contributed by atoms with Crippen molar-refractivity contribution in [1.82, 2.24) is 5.32 Å². The molecule has 0 saturated carbocycles. The summed E-state index contributed by atoms with van der Waals surface area (Å²) in [5.74, 6) is 0. The van der Waals surface area contributed by atoms with Crippen molar-refractivity contribution < 1.29 is 9.16 Å². The van der Waals surface area contributed by atoms with Crippen molar-refractivity contribution in [2.45, 2.75) is 70.3 Å². The highest BCUT2D eigenvalue weighted by Crippen LogP contribution is 2.36. The molecule has 0 radical (unpaired) electrons. The monoisotopic (exact) mass is 349 g/mol. The number of rotatable bonds is 7. The molecule has 1 aromatic carbocycles. The smallest absolute Gasteiger partial charge is 0.191 e. The van der Waals surface area contributed by atoms with Gasteiger partial charge in [0, 0.05) is 13.2 Å². The first kappa shape index (κ1) is 19.6. The lowest BCUT2D eigenvalue weighted by Crippen LogP contribution is -2.41. The van der Waals surface area contributed by atoms with Crippen LogP contribution in [-0.2, 0) is 9.16 Å². The van der Waals surface area contributed by atoms with Gasteiger partial charge in [-0.2, -0.15) is 0 Å². The Bertz CT molecular complexity index is 476. The topological polar surface area (TPSA) is 30.5 Å². The Kier molecular flexibility index (Phi) is 7.05. The Labute approximate surface area is 149 Å². The molecule has 0 aromatic heterocycles. The van der Waals surface area contributed by atoms with Gasteiger partial charge in [0.15, 0.2) is 8.32 Å². The first-order valence-electron chi connectivity index (χ1n) is 9.33. The quantitative estimate of drug-likeness (QED) is 0.560. The van der Waals surface area contributed by atoms with E-state index >= 15 is 0 Å². The zero-order valence-electron chi connectivity index (χ0n) is 16.1. The molecule has 1 fully saturated rings. The van der Waals surface area contributed by atoms with Crippen LogP contribution in [-0.4, -0.2) is 34.2 Å². The predicted octanol–water partition coefficient (Wildman–Crippen LogP) is 4.91. The van der Waals surface area contributed by atoms with Gasteiger partial charge in [-0.3, -0.25) is 0 Å². The Balaban J connectivity index is 1.60. The van der Waals surface area contributed by atoms with E-state index in [0.29, 0.717) is 17.2 Å². The minimum absolute atomic E-state index is 0.301. The molecule has 0 unspecified atom stereocenters. The molecule has 0 bridgehead atoms. The molecule has 2 rings (SSSR count). The maximum atomic E-state index is 6.24. The highest BCUT2D eigenvalue weighted by molar-refractivity contribution is 6.74. The molecule has 1 heterocycles. The first-order valence-corrected chi connectivity index (χ1v) is 12.2. The van der Waals surface area contributed by atoms with Gasteiger partial charge >= 0.3 is 0 Å². The van der Waals surface area contributed by atoms with Gasteiger partial charge in [0.1, 0.15) is 0 Å². The third kappa shape index (κ3) is 5.69. The van der Waals surface area contributed by atoms with Crippen LogP contribution in [0.25, 0.3) is 0 Å². The van der Waals surface area contributed by atoms with E-state index in [9.17, 15) is 0 Å². The average Bonchev–Trinajstić information content (AvgIpc) is 2.55. The molecule has 1 N–H and O–H groups in total. The Morgan fingerprint density at radius 2 is 1.88 bits per heavy atom. The van der Waals surface area contributed by atoms with Gasteiger partial charge in [-0.05, 0) is 43.0 Å². The van der Waals surface area contributed by atoms with E-state index < -0.39 is 8.32 Å². The van der Waals surface area contributed by atoms with E-state index in [2.05, 4.69) is 69.5 Å². The summed E-state index contributed by atoms with van der Waals surface area (Å²) in [7, 11) is -1.58. The molecule has 136 valence electrons. The molecular weight excluding hydrogens is 314 g/mol. The second kappa shape index (κ2) is 8.61. The zero-order chi connectivity index (χ0) is 17.6. The van der Waals surface area contributed by atoms with Gasteiger partial charge < -0.3 is 14.5 Å². The molecule has 1 saturated heterocycles. The van der Waals surface area contributed by atoms with Crippen LogP contribution in [0.4, 0.5) is 0 Å². The first-order chi connectivity index (χ1) is 11.3. The van der Waals surface area contributed by atoms with Crippen LogP contribution in [0.15, 0.2) is 30.3 Å². The van der Waals surface area contributed by atoms with Crippen LogP contribution in [0.2, 0.25) is 18.1 Å². The van der Waals surface area contributed by atoms with Crippen LogP contribution in [0.3, 0.4) is 0 Å². The highest BCUT2D eigenvalue weighted by Gasteiger charge is 2.36. The Hall–Kier alpha value is -0.683. The van der Waals surface area contributed by atoms with E-state index in [4.69, 9.17) is 9.16 Å². The highest BCUT2D eigenvalue weighted by atomic mass is 28.4. The van der Waals surface area contributed by atoms with Crippen molar-refractivity contribution in [3.63, 3.8) is 0 Å². The summed E-state index contributed by atoms with van der Waals surface area (Å²) in [6.45, 7) is 14.1. The largest absolute Gasteiger partial charge is 0.417 e. The molecule has 2 atom stereocenters. The molecule has 1 aliphatic rings. The van der Waals surface area contributed by atoms with Crippen LogP contribution >= 0.6 is 0 Å². The van der Waals surface area contributed by atoms with Crippen molar-refractivity contribution in [2.75, 3.05) is 19.8 Å². The summed E-state index contributed by atoms with van der Waals surface area (Å²) in [5, 5.41) is 3.92. The van der Waals surface area contributed by atoms with E-state index in [0.717, 1.165) is 32.6 Å². The zero-order valence-corrected chi connectivity index (χ0v) is 17.1. The van der Waals surface area contributed by atoms with E-state index in [1.54, 1.807) is 0 Å². The normalized spacial score (nSPS) is 22.5. The minimum atomic E-state index is -1.58. The fourth-order valence-electron chi connectivity index (χ4n) is 2.73. The van der Waals surface area contributed by atoms with Crippen molar-refractivity contribution in [3.8, 4) is 0 Å². The fourth-order valence-corrected chi connectivity index (χ4v) is 3.81. The summed E-state index contributed by atoms with van der Waals surface area (Å²) in [4.78, 5) is 0.